The van der Waals surface area contributed by atoms with Crippen molar-refractivity contribution in [2.24, 2.45) is 0 Å². The normalized spacial score (nSPS) is 20.1. The number of hydrogen-bond donors (Lipinski definition) is 1. The lowest BCUT2D eigenvalue weighted by atomic mass is 9.83. The molecule has 1 atom stereocenters. The minimum absolute atomic E-state index is 0.246. The molecule has 34 heavy (non-hydrogen) atoms. The molecule has 1 fully saturated rings. The van der Waals surface area contributed by atoms with Crippen molar-refractivity contribution in [1.82, 2.24) is 14.8 Å². The van der Waals surface area contributed by atoms with E-state index in [1.807, 2.05) is 36.4 Å². The van der Waals surface area contributed by atoms with Gasteiger partial charge in [-0.1, -0.05) is 25.1 Å². The number of aromatic nitrogens is 1. The molecule has 180 valence electrons. The van der Waals surface area contributed by atoms with Crippen LogP contribution in [0.25, 0.3) is 10.9 Å². The number of hydrogen-bond acceptors (Lipinski definition) is 5. The third kappa shape index (κ3) is 4.27. The largest absolute Gasteiger partial charge is 0.497 e. The average molecular weight is 480 g/mol. The van der Waals surface area contributed by atoms with Crippen molar-refractivity contribution in [1.29, 1.82) is 0 Å². The van der Waals surface area contributed by atoms with Crippen LogP contribution < -0.4 is 9.47 Å². The van der Waals surface area contributed by atoms with Gasteiger partial charge in [0.1, 0.15) is 18.1 Å². The molecule has 2 aliphatic heterocycles. The van der Waals surface area contributed by atoms with Gasteiger partial charge in [-0.2, -0.15) is 11.8 Å². The summed E-state index contributed by atoms with van der Waals surface area (Å²) in [5.74, 6) is 3.50. The molecule has 1 spiro atoms. The van der Waals surface area contributed by atoms with Crippen LogP contribution >= 0.6 is 11.8 Å². The highest BCUT2D eigenvalue weighted by Crippen LogP contribution is 2.45. The first kappa shape index (κ1) is 23.1. The summed E-state index contributed by atoms with van der Waals surface area (Å²) >= 11 is 1.70. The van der Waals surface area contributed by atoms with Crippen LogP contribution in [0.15, 0.2) is 48.5 Å². The molecule has 0 saturated carbocycles. The molecule has 6 nitrogen and oxygen atoms in total. The highest BCUT2D eigenvalue weighted by Gasteiger charge is 2.50. The van der Waals surface area contributed by atoms with Crippen LogP contribution in [0.1, 0.15) is 24.6 Å². The van der Waals surface area contributed by atoms with Crippen LogP contribution in [0.5, 0.6) is 11.5 Å². The predicted octanol–water partition coefficient (Wildman–Crippen LogP) is 4.29. The first-order chi connectivity index (χ1) is 16.6. The number of aromatic amines is 1. The van der Waals surface area contributed by atoms with Crippen LogP contribution in [0, 0.1) is 0 Å². The van der Waals surface area contributed by atoms with E-state index in [2.05, 4.69) is 33.8 Å². The molecule has 3 aromatic rings. The number of carbonyl (C=O) groups excluding carboxylic acids is 1. The summed E-state index contributed by atoms with van der Waals surface area (Å²) in [6.07, 6.45) is 1.79. The van der Waals surface area contributed by atoms with E-state index in [-0.39, 0.29) is 11.4 Å². The molecular formula is C27H33N3O3S. The summed E-state index contributed by atoms with van der Waals surface area (Å²) in [5.41, 5.74) is 3.35. The van der Waals surface area contributed by atoms with Crippen LogP contribution in [0.3, 0.4) is 0 Å². The Hall–Kier alpha value is -2.64. The lowest BCUT2D eigenvalue weighted by Gasteiger charge is -2.45. The Morgan fingerprint density at radius 1 is 1.15 bits per heavy atom. The molecule has 2 aromatic carbocycles. The average Bonchev–Trinajstić information content (AvgIpc) is 3.46. The minimum Gasteiger partial charge on any atom is -0.497 e. The van der Waals surface area contributed by atoms with E-state index >= 15 is 0 Å². The Bertz CT molecular complexity index is 1150. The number of rotatable bonds is 8. The second-order valence-electron chi connectivity index (χ2n) is 9.04. The number of fused-ring (bicyclic) bond motifs is 4. The van der Waals surface area contributed by atoms with Gasteiger partial charge in [0.25, 0.3) is 0 Å². The Labute approximate surface area is 205 Å². The Morgan fingerprint density at radius 3 is 2.79 bits per heavy atom. The number of ether oxygens (including phenoxy) is 2. The van der Waals surface area contributed by atoms with E-state index in [0.717, 1.165) is 61.8 Å². The van der Waals surface area contributed by atoms with Crippen molar-refractivity contribution in [2.45, 2.75) is 25.3 Å². The fraction of sp³-hybridized carbons (Fsp3) is 0.444. The topological polar surface area (TPSA) is 57.8 Å². The third-order valence-corrected chi connectivity index (χ3v) is 8.02. The van der Waals surface area contributed by atoms with E-state index in [4.69, 9.17) is 9.47 Å². The summed E-state index contributed by atoms with van der Waals surface area (Å²) in [6.45, 7) is 6.11. The maximum atomic E-state index is 13.4. The number of nitrogens with zero attached hydrogens (tertiary/aromatic N) is 2. The number of thioether (sulfide) groups is 1. The minimum atomic E-state index is -0.321. The summed E-state index contributed by atoms with van der Waals surface area (Å²) < 4.78 is 11.5. The summed E-state index contributed by atoms with van der Waals surface area (Å²) in [7, 11) is 1.71. The van der Waals surface area contributed by atoms with Crippen molar-refractivity contribution in [3.05, 3.63) is 59.8 Å². The van der Waals surface area contributed by atoms with Crippen molar-refractivity contribution in [2.75, 3.05) is 51.4 Å². The maximum Gasteiger partial charge on any atom is 0.233 e. The van der Waals surface area contributed by atoms with Gasteiger partial charge >= 0.3 is 0 Å². The zero-order chi connectivity index (χ0) is 23.5. The van der Waals surface area contributed by atoms with Crippen molar-refractivity contribution in [3.63, 3.8) is 0 Å². The van der Waals surface area contributed by atoms with Gasteiger partial charge in [-0.15, -0.1) is 0 Å². The van der Waals surface area contributed by atoms with Crippen molar-refractivity contribution >= 4 is 28.6 Å². The zero-order valence-electron chi connectivity index (χ0n) is 20.0. The fourth-order valence-corrected chi connectivity index (χ4v) is 6.04. The number of nitrogens with one attached hydrogen (secondary N) is 1. The van der Waals surface area contributed by atoms with E-state index in [9.17, 15) is 4.79 Å². The van der Waals surface area contributed by atoms with Gasteiger partial charge in [0.2, 0.25) is 5.91 Å². The van der Waals surface area contributed by atoms with Crippen LogP contribution in [-0.4, -0.2) is 72.1 Å². The lowest BCUT2D eigenvalue weighted by Crippen LogP contribution is -2.55. The number of methoxy groups -OCH3 is 1. The van der Waals surface area contributed by atoms with Crippen LogP contribution in [-0.2, 0) is 16.8 Å². The lowest BCUT2D eigenvalue weighted by molar-refractivity contribution is -0.135. The van der Waals surface area contributed by atoms with Gasteiger partial charge in [0.05, 0.1) is 18.4 Å². The molecule has 0 bridgehead atoms. The molecule has 1 aromatic heterocycles. The van der Waals surface area contributed by atoms with E-state index < -0.39 is 0 Å². The molecule has 7 heteroatoms. The standard InChI is InChI=1S/C27H33N3O3S/c1-3-34-18-25(31)30-13-11-22-23-17-21(32-2)9-10-24(23)28-26(22)27(30)12-14-29(19-27)15-16-33-20-7-5-4-6-8-20/h4-10,17,28H,3,11-16,18-19H2,1-2H3. The third-order valence-electron chi connectivity index (χ3n) is 7.16. The smallest absolute Gasteiger partial charge is 0.233 e. The molecular weight excluding hydrogens is 446 g/mol. The maximum absolute atomic E-state index is 13.4. The van der Waals surface area contributed by atoms with Gasteiger partial charge in [-0.05, 0) is 54.5 Å². The van der Waals surface area contributed by atoms with Crippen LogP contribution in [0.4, 0.5) is 0 Å². The van der Waals surface area contributed by atoms with E-state index in [1.165, 1.54) is 16.6 Å². The van der Waals surface area contributed by atoms with Gasteiger partial charge in [0, 0.05) is 42.8 Å². The Balaban J connectivity index is 1.42. The number of para-hydroxylation sites is 1. The number of carbonyl (C=O) groups is 1. The Kier molecular flexibility index (Phi) is 6.75. The number of likely N-dealkylation sites (tertiary alicyclic amines) is 1. The highest BCUT2D eigenvalue weighted by atomic mass is 32.2. The molecule has 5 rings (SSSR count). The number of H-pyrrole nitrogens is 1. The monoisotopic (exact) mass is 479 g/mol. The first-order valence-electron chi connectivity index (χ1n) is 12.1. The van der Waals surface area contributed by atoms with Crippen molar-refractivity contribution < 1.29 is 14.3 Å². The highest BCUT2D eigenvalue weighted by molar-refractivity contribution is 7.99. The summed E-state index contributed by atoms with van der Waals surface area (Å²) in [4.78, 5) is 21.7. The van der Waals surface area contributed by atoms with Gasteiger partial charge in [-0.3, -0.25) is 9.69 Å². The SMILES string of the molecule is CCSCC(=O)N1CCc2c([nH]c3ccc(OC)cc23)C12CCN(CCOc1ccccc1)C2. The van der Waals surface area contributed by atoms with Gasteiger partial charge in [-0.25, -0.2) is 0 Å². The van der Waals surface area contributed by atoms with Gasteiger partial charge < -0.3 is 19.4 Å². The quantitative estimate of drug-likeness (QED) is 0.522. The molecule has 0 aliphatic carbocycles. The summed E-state index contributed by atoms with van der Waals surface area (Å²) in [5, 5.41) is 1.22. The van der Waals surface area contributed by atoms with Crippen molar-refractivity contribution in [3.8, 4) is 11.5 Å². The number of amides is 1. The Morgan fingerprint density at radius 2 is 2.00 bits per heavy atom. The first-order valence-corrected chi connectivity index (χ1v) is 13.3. The fourth-order valence-electron chi connectivity index (χ4n) is 5.51. The second kappa shape index (κ2) is 9.92. The van der Waals surface area contributed by atoms with E-state index in [0.29, 0.717) is 12.4 Å². The summed E-state index contributed by atoms with van der Waals surface area (Å²) in [6, 6.07) is 16.2. The van der Waals surface area contributed by atoms with E-state index in [1.54, 1.807) is 18.9 Å². The van der Waals surface area contributed by atoms with Gasteiger partial charge in [0.15, 0.2) is 0 Å². The zero-order valence-corrected chi connectivity index (χ0v) is 20.8. The molecule has 1 unspecified atom stereocenters. The molecule has 0 radical (unpaired) electrons. The molecule has 1 amide bonds. The predicted molar refractivity (Wildman–Crippen MR) is 138 cm³/mol. The molecule has 1 N–H and O–H groups in total. The molecule has 3 heterocycles. The van der Waals surface area contributed by atoms with Crippen LogP contribution in [0.2, 0.25) is 0 Å². The second-order valence-corrected chi connectivity index (χ2v) is 10.3. The number of benzene rings is 2. The molecule has 2 aliphatic rings. The molecule has 1 saturated heterocycles.